The number of hydrogen-bond donors (Lipinski definition) is 0. The van der Waals surface area contributed by atoms with E-state index in [4.69, 9.17) is 0 Å². The van der Waals surface area contributed by atoms with Crippen molar-refractivity contribution in [3.05, 3.63) is 101 Å². The van der Waals surface area contributed by atoms with Crippen LogP contribution in [0.15, 0.2) is 78.9 Å². The van der Waals surface area contributed by atoms with Crippen molar-refractivity contribution in [3.63, 3.8) is 0 Å². The first kappa shape index (κ1) is 15.4. The van der Waals surface area contributed by atoms with Gasteiger partial charge in [0.25, 0.3) is 0 Å². The van der Waals surface area contributed by atoms with Gasteiger partial charge in [-0.1, -0.05) is 72.8 Å². The van der Waals surface area contributed by atoms with E-state index in [-0.39, 0.29) is 5.92 Å². The molecule has 0 aliphatic carbocycles. The Morgan fingerprint density at radius 1 is 0.652 bits per heavy atom. The van der Waals surface area contributed by atoms with Crippen molar-refractivity contribution in [2.45, 2.75) is 12.8 Å². The van der Waals surface area contributed by atoms with Crippen LogP contribution in [0.25, 0.3) is 0 Å². The van der Waals surface area contributed by atoms with E-state index in [9.17, 15) is 0 Å². The Bertz CT molecular complexity index is 775. The van der Waals surface area contributed by atoms with Crippen molar-refractivity contribution in [3.8, 4) is 0 Å². The monoisotopic (exact) mass is 301 g/mol. The molecule has 0 N–H and O–H groups in total. The molecule has 0 aliphatic heterocycles. The van der Waals surface area contributed by atoms with Gasteiger partial charge in [-0.05, 0) is 35.2 Å². The van der Waals surface area contributed by atoms with Crippen LogP contribution < -0.4 is 4.90 Å². The third-order valence-corrected chi connectivity index (χ3v) is 4.36. The maximum Gasteiger partial charge on any atom is 0.0403 e. The lowest BCUT2D eigenvalue weighted by molar-refractivity contribution is 0.946. The lowest BCUT2D eigenvalue weighted by atomic mass is 9.82. The summed E-state index contributed by atoms with van der Waals surface area (Å²) >= 11 is 0. The van der Waals surface area contributed by atoms with Gasteiger partial charge in [0, 0.05) is 25.7 Å². The number of para-hydroxylation sites is 1. The number of benzene rings is 3. The Hall–Kier alpha value is -2.54. The summed E-state index contributed by atoms with van der Waals surface area (Å²) in [5.74, 6) is 0.246. The fourth-order valence-corrected chi connectivity index (χ4v) is 3.22. The Labute approximate surface area is 139 Å². The topological polar surface area (TPSA) is 3.24 Å². The highest BCUT2D eigenvalue weighted by Crippen LogP contribution is 2.38. The lowest BCUT2D eigenvalue weighted by Gasteiger charge is -2.26. The molecule has 3 rings (SSSR count). The standard InChI is InChI=1S/C22H23N/c1-17-11-7-8-14-19(17)22(18-12-5-4-6-13-18)20-15-9-10-16-21(20)23(2)3/h4-16,22H,1-3H3. The van der Waals surface area contributed by atoms with Gasteiger partial charge in [-0.25, -0.2) is 0 Å². The minimum absolute atomic E-state index is 0.246. The summed E-state index contributed by atoms with van der Waals surface area (Å²) in [7, 11) is 4.22. The van der Waals surface area contributed by atoms with E-state index in [1.165, 1.54) is 27.9 Å². The van der Waals surface area contributed by atoms with Crippen LogP contribution in [0.5, 0.6) is 0 Å². The van der Waals surface area contributed by atoms with Crippen LogP contribution in [-0.2, 0) is 0 Å². The normalized spacial score (nSPS) is 12.0. The molecule has 0 aliphatic rings. The predicted molar refractivity (Wildman–Crippen MR) is 99.3 cm³/mol. The summed E-state index contributed by atoms with van der Waals surface area (Å²) in [5.41, 5.74) is 6.64. The van der Waals surface area contributed by atoms with Crippen molar-refractivity contribution in [2.24, 2.45) is 0 Å². The average Bonchev–Trinajstić information content (AvgIpc) is 2.58. The van der Waals surface area contributed by atoms with Crippen LogP contribution >= 0.6 is 0 Å². The van der Waals surface area contributed by atoms with Gasteiger partial charge in [-0.3, -0.25) is 0 Å². The molecule has 0 bridgehead atoms. The van der Waals surface area contributed by atoms with E-state index in [1.807, 2.05) is 0 Å². The smallest absolute Gasteiger partial charge is 0.0403 e. The first-order chi connectivity index (χ1) is 11.2. The van der Waals surface area contributed by atoms with Gasteiger partial charge in [-0.2, -0.15) is 0 Å². The summed E-state index contributed by atoms with van der Waals surface area (Å²) in [5, 5.41) is 0. The second-order valence-corrected chi connectivity index (χ2v) is 6.15. The van der Waals surface area contributed by atoms with Crippen molar-refractivity contribution >= 4 is 5.69 Å². The third-order valence-electron chi connectivity index (χ3n) is 4.36. The fourth-order valence-electron chi connectivity index (χ4n) is 3.22. The summed E-state index contributed by atoms with van der Waals surface area (Å²) in [6, 6.07) is 28.2. The highest BCUT2D eigenvalue weighted by molar-refractivity contribution is 5.60. The molecule has 23 heavy (non-hydrogen) atoms. The second kappa shape index (κ2) is 6.70. The maximum absolute atomic E-state index is 2.25. The third kappa shape index (κ3) is 3.14. The summed E-state index contributed by atoms with van der Waals surface area (Å²) in [6.45, 7) is 2.20. The zero-order valence-electron chi connectivity index (χ0n) is 14.0. The molecule has 0 saturated heterocycles. The summed E-state index contributed by atoms with van der Waals surface area (Å²) in [4.78, 5) is 2.20. The first-order valence-electron chi connectivity index (χ1n) is 8.05. The van der Waals surface area contributed by atoms with Crippen molar-refractivity contribution < 1.29 is 0 Å². The number of anilines is 1. The molecule has 0 heterocycles. The molecular formula is C22H23N. The largest absolute Gasteiger partial charge is 0.377 e. The quantitative estimate of drug-likeness (QED) is 0.596. The molecule has 0 saturated carbocycles. The molecule has 0 amide bonds. The van der Waals surface area contributed by atoms with Crippen molar-refractivity contribution in [2.75, 3.05) is 19.0 Å². The zero-order chi connectivity index (χ0) is 16.2. The number of rotatable bonds is 4. The Kier molecular flexibility index (Phi) is 4.47. The van der Waals surface area contributed by atoms with Gasteiger partial charge in [-0.15, -0.1) is 0 Å². The summed E-state index contributed by atoms with van der Waals surface area (Å²) in [6.07, 6.45) is 0. The molecule has 1 nitrogen and oxygen atoms in total. The van der Waals surface area contributed by atoms with Crippen LogP contribution in [0.3, 0.4) is 0 Å². The molecule has 1 heteroatoms. The SMILES string of the molecule is Cc1ccccc1C(c1ccccc1)c1ccccc1N(C)C. The Morgan fingerprint density at radius 2 is 1.22 bits per heavy atom. The van der Waals surface area contributed by atoms with E-state index in [1.54, 1.807) is 0 Å². The fraction of sp³-hybridized carbons (Fsp3) is 0.182. The lowest BCUT2D eigenvalue weighted by Crippen LogP contribution is -2.14. The minimum Gasteiger partial charge on any atom is -0.377 e. The van der Waals surface area contributed by atoms with Gasteiger partial charge >= 0.3 is 0 Å². The van der Waals surface area contributed by atoms with E-state index in [0.29, 0.717) is 0 Å². The van der Waals surface area contributed by atoms with Gasteiger partial charge < -0.3 is 4.90 Å². The van der Waals surface area contributed by atoms with Crippen LogP contribution in [0.2, 0.25) is 0 Å². The number of nitrogens with zero attached hydrogens (tertiary/aromatic N) is 1. The molecule has 0 spiro atoms. The van der Waals surface area contributed by atoms with Crippen LogP contribution in [0, 0.1) is 6.92 Å². The van der Waals surface area contributed by atoms with Crippen LogP contribution in [0.4, 0.5) is 5.69 Å². The van der Waals surface area contributed by atoms with E-state index >= 15 is 0 Å². The van der Waals surface area contributed by atoms with Crippen LogP contribution in [0.1, 0.15) is 28.2 Å². The van der Waals surface area contributed by atoms with Gasteiger partial charge in [0.05, 0.1) is 0 Å². The van der Waals surface area contributed by atoms with Gasteiger partial charge in [0.15, 0.2) is 0 Å². The average molecular weight is 301 g/mol. The van der Waals surface area contributed by atoms with Gasteiger partial charge in [0.2, 0.25) is 0 Å². The molecule has 116 valence electrons. The predicted octanol–water partition coefficient (Wildman–Crippen LogP) is 5.24. The highest BCUT2D eigenvalue weighted by atomic mass is 15.1. The van der Waals surface area contributed by atoms with Gasteiger partial charge in [0.1, 0.15) is 0 Å². The Morgan fingerprint density at radius 3 is 1.87 bits per heavy atom. The molecule has 0 aromatic heterocycles. The van der Waals surface area contributed by atoms with E-state index in [2.05, 4.69) is 105 Å². The van der Waals surface area contributed by atoms with E-state index in [0.717, 1.165) is 0 Å². The zero-order valence-corrected chi connectivity index (χ0v) is 14.0. The molecule has 3 aromatic carbocycles. The molecule has 0 fully saturated rings. The Balaban J connectivity index is 2.24. The van der Waals surface area contributed by atoms with E-state index < -0.39 is 0 Å². The molecular weight excluding hydrogens is 278 g/mol. The second-order valence-electron chi connectivity index (χ2n) is 6.15. The maximum atomic E-state index is 2.25. The number of hydrogen-bond acceptors (Lipinski definition) is 1. The van der Waals surface area contributed by atoms with Crippen molar-refractivity contribution in [1.82, 2.24) is 0 Å². The number of aryl methyl sites for hydroxylation is 1. The molecule has 0 radical (unpaired) electrons. The minimum atomic E-state index is 0.246. The van der Waals surface area contributed by atoms with Crippen LogP contribution in [-0.4, -0.2) is 14.1 Å². The molecule has 3 aromatic rings. The van der Waals surface area contributed by atoms with Crippen molar-refractivity contribution in [1.29, 1.82) is 0 Å². The first-order valence-corrected chi connectivity index (χ1v) is 8.05. The molecule has 1 atom stereocenters. The highest BCUT2D eigenvalue weighted by Gasteiger charge is 2.21. The molecule has 1 unspecified atom stereocenters. The summed E-state index contributed by atoms with van der Waals surface area (Å²) < 4.78 is 0.